The minimum Gasteiger partial charge on any atom is -0.376 e. The summed E-state index contributed by atoms with van der Waals surface area (Å²) in [5, 5.41) is 2.71. The standard InChI is InChI=1S/C14H13BrFN3O/c1-19(2)13-4-3-9(15)7-12(13)18-14(20)10-5-6-17-8-11(10)16/h3-8H,1-2H3,(H,18,20). The molecule has 6 heteroatoms. The average molecular weight is 338 g/mol. The van der Waals surface area contributed by atoms with Gasteiger partial charge in [0.1, 0.15) is 0 Å². The molecule has 1 amide bonds. The van der Waals surface area contributed by atoms with Gasteiger partial charge in [-0.25, -0.2) is 4.39 Å². The number of benzene rings is 1. The Labute approximate surface area is 124 Å². The van der Waals surface area contributed by atoms with Crippen LogP contribution < -0.4 is 10.2 Å². The molecule has 0 saturated heterocycles. The summed E-state index contributed by atoms with van der Waals surface area (Å²) >= 11 is 3.35. The van der Waals surface area contributed by atoms with Gasteiger partial charge in [0, 0.05) is 24.8 Å². The molecule has 1 N–H and O–H groups in total. The Morgan fingerprint density at radius 2 is 2.10 bits per heavy atom. The molecule has 1 aromatic carbocycles. The molecular formula is C14H13BrFN3O. The van der Waals surface area contributed by atoms with Gasteiger partial charge >= 0.3 is 0 Å². The lowest BCUT2D eigenvalue weighted by atomic mass is 10.2. The van der Waals surface area contributed by atoms with E-state index in [1.54, 1.807) is 6.07 Å². The molecule has 0 spiro atoms. The number of hydrogen-bond acceptors (Lipinski definition) is 3. The molecule has 0 aliphatic carbocycles. The predicted octanol–water partition coefficient (Wildman–Crippen LogP) is 3.30. The van der Waals surface area contributed by atoms with Crippen molar-refractivity contribution >= 4 is 33.2 Å². The number of halogens is 2. The van der Waals surface area contributed by atoms with Crippen LogP contribution in [0.25, 0.3) is 0 Å². The summed E-state index contributed by atoms with van der Waals surface area (Å²) in [6.07, 6.45) is 2.40. The van der Waals surface area contributed by atoms with E-state index in [9.17, 15) is 9.18 Å². The Balaban J connectivity index is 2.33. The highest BCUT2D eigenvalue weighted by atomic mass is 79.9. The first-order valence-electron chi connectivity index (χ1n) is 5.87. The molecule has 0 bridgehead atoms. The molecule has 0 aliphatic rings. The molecule has 20 heavy (non-hydrogen) atoms. The lowest BCUT2D eigenvalue weighted by molar-refractivity contribution is 0.102. The Morgan fingerprint density at radius 1 is 1.35 bits per heavy atom. The van der Waals surface area contributed by atoms with Gasteiger partial charge in [-0.3, -0.25) is 9.78 Å². The smallest absolute Gasteiger partial charge is 0.258 e. The fourth-order valence-electron chi connectivity index (χ4n) is 1.75. The number of pyridine rings is 1. The van der Waals surface area contributed by atoms with E-state index < -0.39 is 11.7 Å². The van der Waals surface area contributed by atoms with E-state index in [2.05, 4.69) is 26.2 Å². The van der Waals surface area contributed by atoms with Crippen LogP contribution in [0.1, 0.15) is 10.4 Å². The van der Waals surface area contributed by atoms with E-state index >= 15 is 0 Å². The minimum atomic E-state index is -0.647. The fraction of sp³-hybridized carbons (Fsp3) is 0.143. The Hall–Kier alpha value is -1.95. The maximum absolute atomic E-state index is 13.5. The van der Waals surface area contributed by atoms with Crippen molar-refractivity contribution < 1.29 is 9.18 Å². The van der Waals surface area contributed by atoms with Crippen molar-refractivity contribution in [1.82, 2.24) is 4.98 Å². The summed E-state index contributed by atoms with van der Waals surface area (Å²) in [6.45, 7) is 0. The summed E-state index contributed by atoms with van der Waals surface area (Å²) < 4.78 is 14.4. The maximum Gasteiger partial charge on any atom is 0.258 e. The number of hydrogen-bond donors (Lipinski definition) is 1. The largest absolute Gasteiger partial charge is 0.376 e. The van der Waals surface area contributed by atoms with Crippen LogP contribution in [0, 0.1) is 5.82 Å². The van der Waals surface area contributed by atoms with Crippen molar-refractivity contribution in [3.8, 4) is 0 Å². The second-order valence-electron chi connectivity index (χ2n) is 4.37. The van der Waals surface area contributed by atoms with E-state index in [0.717, 1.165) is 16.4 Å². The van der Waals surface area contributed by atoms with Crippen LogP contribution >= 0.6 is 15.9 Å². The molecule has 2 rings (SSSR count). The summed E-state index contributed by atoms with van der Waals surface area (Å²) in [5.74, 6) is -1.16. The molecule has 0 radical (unpaired) electrons. The van der Waals surface area contributed by atoms with Crippen LogP contribution in [0.3, 0.4) is 0 Å². The van der Waals surface area contributed by atoms with Crippen molar-refractivity contribution in [2.45, 2.75) is 0 Å². The molecule has 4 nitrogen and oxygen atoms in total. The lowest BCUT2D eigenvalue weighted by Crippen LogP contribution is -2.17. The van der Waals surface area contributed by atoms with Crippen molar-refractivity contribution in [3.05, 3.63) is 52.5 Å². The van der Waals surface area contributed by atoms with Crippen molar-refractivity contribution in [2.75, 3.05) is 24.3 Å². The summed E-state index contributed by atoms with van der Waals surface area (Å²) in [6, 6.07) is 6.85. The average Bonchev–Trinajstić information content (AvgIpc) is 2.38. The molecular weight excluding hydrogens is 325 g/mol. The number of anilines is 2. The number of nitrogens with zero attached hydrogens (tertiary/aromatic N) is 2. The number of rotatable bonds is 3. The van der Waals surface area contributed by atoms with Crippen molar-refractivity contribution in [2.24, 2.45) is 0 Å². The van der Waals surface area contributed by atoms with E-state index in [0.29, 0.717) is 5.69 Å². The van der Waals surface area contributed by atoms with Crippen LogP contribution in [-0.4, -0.2) is 25.0 Å². The second-order valence-corrected chi connectivity index (χ2v) is 5.28. The molecule has 0 aliphatic heterocycles. The van der Waals surface area contributed by atoms with Crippen LogP contribution in [0.5, 0.6) is 0 Å². The zero-order valence-electron chi connectivity index (χ0n) is 11.0. The van der Waals surface area contributed by atoms with Crippen molar-refractivity contribution in [3.63, 3.8) is 0 Å². The number of carbonyl (C=O) groups is 1. The Kier molecular flexibility index (Phi) is 4.34. The monoisotopic (exact) mass is 337 g/mol. The molecule has 2 aromatic rings. The van der Waals surface area contributed by atoms with E-state index in [1.807, 2.05) is 31.1 Å². The van der Waals surface area contributed by atoms with Gasteiger partial charge in [-0.2, -0.15) is 0 Å². The number of carbonyl (C=O) groups excluding carboxylic acids is 1. The first-order chi connectivity index (χ1) is 9.49. The molecule has 0 atom stereocenters. The Morgan fingerprint density at radius 3 is 2.75 bits per heavy atom. The Bertz CT molecular complexity index is 646. The van der Waals surface area contributed by atoms with Gasteiger partial charge in [-0.1, -0.05) is 15.9 Å². The van der Waals surface area contributed by atoms with Gasteiger partial charge in [-0.05, 0) is 24.3 Å². The van der Waals surface area contributed by atoms with Crippen LogP contribution in [0.4, 0.5) is 15.8 Å². The summed E-state index contributed by atoms with van der Waals surface area (Å²) in [5.41, 5.74) is 1.39. The normalized spacial score (nSPS) is 10.2. The minimum absolute atomic E-state index is 0.0373. The topological polar surface area (TPSA) is 45.2 Å². The van der Waals surface area contributed by atoms with Gasteiger partial charge in [-0.15, -0.1) is 0 Å². The quantitative estimate of drug-likeness (QED) is 0.934. The van der Waals surface area contributed by atoms with Gasteiger partial charge in [0.2, 0.25) is 0 Å². The van der Waals surface area contributed by atoms with E-state index in [1.165, 1.54) is 12.3 Å². The highest BCUT2D eigenvalue weighted by molar-refractivity contribution is 9.10. The highest BCUT2D eigenvalue weighted by Gasteiger charge is 2.14. The SMILES string of the molecule is CN(C)c1ccc(Br)cc1NC(=O)c1ccncc1F. The predicted molar refractivity (Wildman–Crippen MR) is 80.6 cm³/mol. The molecule has 0 saturated carbocycles. The van der Waals surface area contributed by atoms with Crippen molar-refractivity contribution in [1.29, 1.82) is 0 Å². The van der Waals surface area contributed by atoms with Crippen LogP contribution in [-0.2, 0) is 0 Å². The molecule has 0 fully saturated rings. The molecule has 0 unspecified atom stereocenters. The van der Waals surface area contributed by atoms with Gasteiger partial charge in [0.05, 0.1) is 23.1 Å². The third-order valence-electron chi connectivity index (χ3n) is 2.71. The van der Waals surface area contributed by atoms with Crippen LogP contribution in [0.2, 0.25) is 0 Å². The third kappa shape index (κ3) is 3.14. The zero-order valence-corrected chi connectivity index (χ0v) is 12.6. The van der Waals surface area contributed by atoms with Gasteiger partial charge in [0.25, 0.3) is 5.91 Å². The van der Waals surface area contributed by atoms with E-state index in [-0.39, 0.29) is 5.56 Å². The molecule has 1 aromatic heterocycles. The molecule has 1 heterocycles. The highest BCUT2D eigenvalue weighted by Crippen LogP contribution is 2.28. The first-order valence-corrected chi connectivity index (χ1v) is 6.66. The maximum atomic E-state index is 13.5. The third-order valence-corrected chi connectivity index (χ3v) is 3.20. The summed E-state index contributed by atoms with van der Waals surface area (Å²) in [7, 11) is 3.73. The number of amides is 1. The van der Waals surface area contributed by atoms with Gasteiger partial charge < -0.3 is 10.2 Å². The molecule has 104 valence electrons. The number of nitrogens with one attached hydrogen (secondary N) is 1. The zero-order chi connectivity index (χ0) is 14.7. The second kappa shape index (κ2) is 6.00. The number of aromatic nitrogens is 1. The summed E-state index contributed by atoms with van der Waals surface area (Å²) in [4.78, 5) is 17.6. The van der Waals surface area contributed by atoms with E-state index in [4.69, 9.17) is 0 Å². The van der Waals surface area contributed by atoms with Gasteiger partial charge in [0.15, 0.2) is 5.82 Å². The lowest BCUT2D eigenvalue weighted by Gasteiger charge is -2.18. The fourth-order valence-corrected chi connectivity index (χ4v) is 2.11. The first kappa shape index (κ1) is 14.5. The van der Waals surface area contributed by atoms with Crippen LogP contribution in [0.15, 0.2) is 41.1 Å².